The lowest BCUT2D eigenvalue weighted by atomic mass is 10.2. The Kier molecular flexibility index (Phi) is 3.19. The number of thioether (sulfide) groups is 1. The lowest BCUT2D eigenvalue weighted by molar-refractivity contribution is 1.36. The number of hydrogen-bond acceptors (Lipinski definition) is 3. The summed E-state index contributed by atoms with van der Waals surface area (Å²) >= 11 is 1.39. The molecule has 0 spiro atoms. The molecule has 0 amide bonds. The van der Waals surface area contributed by atoms with Crippen LogP contribution in [0.5, 0.6) is 0 Å². The van der Waals surface area contributed by atoms with Crippen LogP contribution in [0.15, 0.2) is 23.9 Å². The Morgan fingerprint density at radius 1 is 1.46 bits per heavy atom. The van der Waals surface area contributed by atoms with Gasteiger partial charge in [0.25, 0.3) is 0 Å². The van der Waals surface area contributed by atoms with Crippen LogP contribution in [0.2, 0.25) is 0 Å². The molecule has 1 aromatic rings. The van der Waals surface area contributed by atoms with Gasteiger partial charge in [0.15, 0.2) is 0 Å². The van der Waals surface area contributed by atoms with Gasteiger partial charge in [-0.05, 0) is 18.4 Å². The highest BCUT2D eigenvalue weighted by molar-refractivity contribution is 8.07. The quantitative estimate of drug-likeness (QED) is 0.725. The third-order valence-electron chi connectivity index (χ3n) is 1.50. The second kappa shape index (κ2) is 4.39. The van der Waals surface area contributed by atoms with Crippen LogP contribution in [0.25, 0.3) is 4.91 Å². The van der Waals surface area contributed by atoms with Gasteiger partial charge in [0.05, 0.1) is 10.6 Å². The van der Waals surface area contributed by atoms with Crippen LogP contribution in [0, 0.1) is 22.7 Å². The second-order valence-electron chi connectivity index (χ2n) is 2.22. The fourth-order valence-corrected chi connectivity index (χ4v) is 1.59. The molecule has 0 aliphatic rings. The van der Waals surface area contributed by atoms with Crippen molar-refractivity contribution in [3.8, 4) is 12.1 Å². The molecule has 0 unspecified atom stereocenters. The van der Waals surface area contributed by atoms with E-state index in [4.69, 9.17) is 10.5 Å². The predicted octanol–water partition coefficient (Wildman–Crippen LogP) is 2.14. The van der Waals surface area contributed by atoms with Gasteiger partial charge < -0.3 is 4.98 Å². The molecule has 0 saturated heterocycles. The summed E-state index contributed by atoms with van der Waals surface area (Å²) in [5, 5.41) is 17.3. The van der Waals surface area contributed by atoms with E-state index >= 15 is 0 Å². The lowest BCUT2D eigenvalue weighted by Gasteiger charge is -1.99. The number of aromatic amines is 1. The molecule has 0 saturated carbocycles. The molecular weight excluding hydrogens is 182 g/mol. The topological polar surface area (TPSA) is 63.4 Å². The van der Waals surface area contributed by atoms with Crippen molar-refractivity contribution in [2.45, 2.75) is 0 Å². The predicted molar refractivity (Wildman–Crippen MR) is 52.5 cm³/mol. The summed E-state index contributed by atoms with van der Waals surface area (Å²) in [6.07, 6.45) is 3.60. The Bertz CT molecular complexity index is 373. The average molecular weight is 189 g/mol. The lowest BCUT2D eigenvalue weighted by Crippen LogP contribution is -1.84. The van der Waals surface area contributed by atoms with Crippen molar-refractivity contribution in [1.29, 1.82) is 10.5 Å². The SMILES string of the molecule is CSC(=C(C#N)C#N)c1ccc[nH]1. The molecule has 1 aromatic heterocycles. The van der Waals surface area contributed by atoms with Gasteiger partial charge in [0.1, 0.15) is 17.7 Å². The third-order valence-corrected chi connectivity index (χ3v) is 2.33. The summed E-state index contributed by atoms with van der Waals surface area (Å²) in [7, 11) is 0. The minimum absolute atomic E-state index is 0.148. The van der Waals surface area contributed by atoms with Crippen molar-refractivity contribution in [2.75, 3.05) is 6.26 Å². The first kappa shape index (κ1) is 9.44. The third kappa shape index (κ3) is 1.93. The molecule has 0 bridgehead atoms. The maximum atomic E-state index is 8.67. The Hall–Kier alpha value is -1.65. The fourth-order valence-electron chi connectivity index (χ4n) is 0.945. The molecule has 0 radical (unpaired) electrons. The largest absolute Gasteiger partial charge is 0.361 e. The Balaban J connectivity index is 3.21. The number of nitriles is 2. The normalized spacial score (nSPS) is 8.54. The van der Waals surface area contributed by atoms with E-state index in [1.54, 1.807) is 6.20 Å². The molecule has 0 atom stereocenters. The van der Waals surface area contributed by atoms with Crippen LogP contribution < -0.4 is 0 Å². The Morgan fingerprint density at radius 2 is 2.15 bits per heavy atom. The number of nitrogens with one attached hydrogen (secondary N) is 1. The van der Waals surface area contributed by atoms with E-state index < -0.39 is 0 Å². The molecule has 0 fully saturated rings. The standard InChI is InChI=1S/C9H7N3S/c1-13-9(7(5-10)6-11)8-3-2-4-12-8/h2-4,12H,1H3. The van der Waals surface area contributed by atoms with Crippen LogP contribution in [0.4, 0.5) is 0 Å². The van der Waals surface area contributed by atoms with Gasteiger partial charge in [-0.2, -0.15) is 10.5 Å². The van der Waals surface area contributed by atoms with Crippen molar-refractivity contribution in [1.82, 2.24) is 4.98 Å². The smallest absolute Gasteiger partial charge is 0.145 e. The van der Waals surface area contributed by atoms with E-state index in [1.807, 2.05) is 30.5 Å². The number of nitrogens with zero attached hydrogens (tertiary/aromatic N) is 2. The summed E-state index contributed by atoms with van der Waals surface area (Å²) in [6.45, 7) is 0. The molecule has 64 valence electrons. The van der Waals surface area contributed by atoms with Gasteiger partial charge >= 0.3 is 0 Å². The summed E-state index contributed by atoms with van der Waals surface area (Å²) in [4.78, 5) is 3.65. The average Bonchev–Trinajstić information content (AvgIpc) is 2.66. The second-order valence-corrected chi connectivity index (χ2v) is 3.03. The highest BCUT2D eigenvalue weighted by atomic mass is 32.2. The first-order valence-electron chi connectivity index (χ1n) is 3.55. The van der Waals surface area contributed by atoms with Gasteiger partial charge in [0, 0.05) is 6.20 Å². The maximum absolute atomic E-state index is 8.67. The van der Waals surface area contributed by atoms with Crippen LogP contribution >= 0.6 is 11.8 Å². The Morgan fingerprint density at radius 3 is 2.54 bits per heavy atom. The van der Waals surface area contributed by atoms with Crippen molar-refractivity contribution >= 4 is 16.7 Å². The Labute approximate surface area is 80.7 Å². The molecule has 13 heavy (non-hydrogen) atoms. The van der Waals surface area contributed by atoms with Gasteiger partial charge in [-0.1, -0.05) is 0 Å². The van der Waals surface area contributed by atoms with Gasteiger partial charge in [-0.15, -0.1) is 11.8 Å². The van der Waals surface area contributed by atoms with Crippen LogP contribution in [-0.2, 0) is 0 Å². The number of allylic oxidation sites excluding steroid dienone is 1. The van der Waals surface area contributed by atoms with Crippen molar-refractivity contribution in [2.24, 2.45) is 0 Å². The summed E-state index contributed by atoms with van der Waals surface area (Å²) < 4.78 is 0. The highest BCUT2D eigenvalue weighted by Gasteiger charge is 2.07. The molecule has 1 N–H and O–H groups in total. The minimum atomic E-state index is 0.148. The zero-order valence-electron chi connectivity index (χ0n) is 7.03. The molecule has 1 heterocycles. The number of rotatable bonds is 2. The maximum Gasteiger partial charge on any atom is 0.145 e. The van der Waals surface area contributed by atoms with Gasteiger partial charge in [-0.25, -0.2) is 0 Å². The van der Waals surface area contributed by atoms with Crippen LogP contribution in [0.1, 0.15) is 5.69 Å². The van der Waals surface area contributed by atoms with Crippen molar-refractivity contribution in [3.05, 3.63) is 29.6 Å². The molecule has 0 aliphatic heterocycles. The van der Waals surface area contributed by atoms with E-state index in [-0.39, 0.29) is 5.57 Å². The summed E-state index contributed by atoms with van der Waals surface area (Å²) in [6, 6.07) is 7.40. The number of aromatic nitrogens is 1. The zero-order chi connectivity index (χ0) is 9.68. The fraction of sp³-hybridized carbons (Fsp3) is 0.111. The summed E-state index contributed by atoms with van der Waals surface area (Å²) in [5.41, 5.74) is 0.959. The monoisotopic (exact) mass is 189 g/mol. The molecule has 1 rings (SSSR count). The zero-order valence-corrected chi connectivity index (χ0v) is 7.85. The van der Waals surface area contributed by atoms with Crippen LogP contribution in [-0.4, -0.2) is 11.2 Å². The molecule has 0 aromatic carbocycles. The van der Waals surface area contributed by atoms with Gasteiger partial charge in [0.2, 0.25) is 0 Å². The van der Waals surface area contributed by atoms with E-state index in [2.05, 4.69) is 4.98 Å². The van der Waals surface area contributed by atoms with Gasteiger partial charge in [-0.3, -0.25) is 0 Å². The minimum Gasteiger partial charge on any atom is -0.361 e. The highest BCUT2D eigenvalue weighted by Crippen LogP contribution is 2.26. The number of hydrogen-bond donors (Lipinski definition) is 1. The summed E-state index contributed by atoms with van der Waals surface area (Å²) in [5.74, 6) is 0. The number of H-pyrrole nitrogens is 1. The molecule has 0 aliphatic carbocycles. The van der Waals surface area contributed by atoms with Crippen molar-refractivity contribution < 1.29 is 0 Å². The van der Waals surface area contributed by atoms with E-state index in [1.165, 1.54) is 11.8 Å². The van der Waals surface area contributed by atoms with E-state index in [9.17, 15) is 0 Å². The van der Waals surface area contributed by atoms with Crippen LogP contribution in [0.3, 0.4) is 0 Å². The first-order valence-corrected chi connectivity index (χ1v) is 4.78. The van der Waals surface area contributed by atoms with E-state index in [0.29, 0.717) is 4.91 Å². The molecule has 4 heteroatoms. The van der Waals surface area contributed by atoms with Crippen molar-refractivity contribution in [3.63, 3.8) is 0 Å². The molecular formula is C9H7N3S. The first-order chi connectivity index (χ1) is 6.33. The molecule has 3 nitrogen and oxygen atoms in total. The van der Waals surface area contributed by atoms with E-state index in [0.717, 1.165) is 5.69 Å².